The molecule has 1 amide bonds. The van der Waals surface area contributed by atoms with Gasteiger partial charge in [-0.05, 0) is 126 Å². The van der Waals surface area contributed by atoms with Crippen LogP contribution in [-0.4, -0.2) is 21.4 Å². The number of terminal acetylenes is 1. The highest BCUT2D eigenvalue weighted by atomic mass is 32.2. The maximum Gasteiger partial charge on any atom is 0.302 e. The number of carbonyl (C=O) groups is 1. The third-order valence-electron chi connectivity index (χ3n) is 5.89. The number of rotatable bonds is 6. The van der Waals surface area contributed by atoms with Gasteiger partial charge in [0.15, 0.2) is 0 Å². The minimum absolute atomic E-state index is 0.0151. The van der Waals surface area contributed by atoms with Gasteiger partial charge in [-0.2, -0.15) is 8.42 Å². The molecule has 0 unspecified atom stereocenters. The number of ether oxygens (including phenoxy) is 1. The van der Waals surface area contributed by atoms with Crippen molar-refractivity contribution in [1.82, 2.24) is 0 Å². The second-order valence-corrected chi connectivity index (χ2v) is 10.1. The van der Waals surface area contributed by atoms with Crippen LogP contribution in [-0.2, 0) is 14.8 Å². The predicted octanol–water partition coefficient (Wildman–Crippen LogP) is 4.30. The third-order valence-corrected chi connectivity index (χ3v) is 6.77. The van der Waals surface area contributed by atoms with Crippen LogP contribution < -0.4 is 14.4 Å². The van der Waals surface area contributed by atoms with E-state index in [1.54, 1.807) is 48.4 Å². The molecule has 6 nitrogen and oxygen atoms in total. The summed E-state index contributed by atoms with van der Waals surface area (Å²) in [5, 5.41) is 2.08. The molecule has 208 valence electrons. The Hall–Kier alpha value is -6.06. The first-order valence-electron chi connectivity index (χ1n) is 13.0. The van der Waals surface area contributed by atoms with Crippen LogP contribution in [0.1, 0.15) is 32.1 Å². The fourth-order valence-electron chi connectivity index (χ4n) is 4.00. The lowest BCUT2D eigenvalue weighted by Gasteiger charge is -2.29. The van der Waals surface area contributed by atoms with E-state index >= 15 is 0 Å². The molecule has 0 saturated heterocycles. The summed E-state index contributed by atoms with van der Waals surface area (Å²) in [7, 11) is -2.43. The van der Waals surface area contributed by atoms with E-state index in [2.05, 4.69) is 92.9 Å². The number of carbonyl (C=O) groups excluding carboxylic acids is 1. The summed E-state index contributed by atoms with van der Waals surface area (Å²) in [5.74, 6) is 34.0. The van der Waals surface area contributed by atoms with Gasteiger partial charge >= 0.3 is 10.0 Å². The van der Waals surface area contributed by atoms with Crippen LogP contribution in [0.4, 0.5) is 17.1 Å². The molecule has 7 heteroatoms. The van der Waals surface area contributed by atoms with Gasteiger partial charge in [-0.25, -0.2) is 0 Å². The molecular formula is C36H24N2O4S. The highest BCUT2D eigenvalue weighted by molar-refractivity contribution is 7.97. The third kappa shape index (κ3) is 10.8. The molecule has 0 spiro atoms. The van der Waals surface area contributed by atoms with Crippen LogP contribution in [0, 0.1) is 100 Å². The van der Waals surface area contributed by atoms with Crippen molar-refractivity contribution in [3.8, 4) is 100 Å². The molecule has 0 bridgehead atoms. The van der Waals surface area contributed by atoms with Crippen LogP contribution in [0.15, 0.2) is 48.5 Å². The van der Waals surface area contributed by atoms with Crippen LogP contribution >= 0.6 is 0 Å². The highest BCUT2D eigenvalue weighted by Gasteiger charge is 2.28. The van der Waals surface area contributed by atoms with Crippen molar-refractivity contribution in [3.63, 3.8) is 0 Å². The lowest BCUT2D eigenvalue weighted by atomic mass is 9.88. The molecule has 1 aliphatic carbocycles. The number of nitrogens with zero attached hydrogens (tertiary/aromatic N) is 1. The van der Waals surface area contributed by atoms with E-state index in [0.717, 1.165) is 32.1 Å². The number of hydrogen-bond acceptors (Lipinski definition) is 4. The van der Waals surface area contributed by atoms with Crippen molar-refractivity contribution in [1.29, 1.82) is 0 Å². The Kier molecular flexibility index (Phi) is 12.4. The van der Waals surface area contributed by atoms with Crippen molar-refractivity contribution in [3.05, 3.63) is 48.5 Å². The molecule has 1 aliphatic rings. The standard InChI is InChI=1S/C36H24N2O4S/c1-3-4-5-6-7-8-9-10-11-12-13-14-15-19-30-43(40,41)37-32-22-24-33(25-23-32)38(34-26-28-35(42-2)29-27-34)36(39)31-20-17-16-18-21-31/h1,22-29,31,37H,16-18,20-21H2,2H3. The molecule has 0 atom stereocenters. The van der Waals surface area contributed by atoms with E-state index in [1.165, 1.54) is 0 Å². The number of nitrogens with one attached hydrogen (secondary N) is 1. The summed E-state index contributed by atoms with van der Waals surface area (Å²) in [6.45, 7) is 0. The van der Waals surface area contributed by atoms with Crippen LogP contribution in [0.2, 0.25) is 0 Å². The summed E-state index contributed by atoms with van der Waals surface area (Å²) < 4.78 is 32.5. The first-order chi connectivity index (χ1) is 20.9. The summed E-state index contributed by atoms with van der Waals surface area (Å²) >= 11 is 0. The first kappa shape index (κ1) is 31.5. The van der Waals surface area contributed by atoms with Crippen LogP contribution in [0.25, 0.3) is 0 Å². The van der Waals surface area contributed by atoms with Gasteiger partial charge in [-0.1, -0.05) is 19.3 Å². The summed E-state index contributed by atoms with van der Waals surface area (Å²) in [6, 6.07) is 13.8. The van der Waals surface area contributed by atoms with E-state index in [-0.39, 0.29) is 17.5 Å². The van der Waals surface area contributed by atoms with Crippen molar-refractivity contribution in [2.75, 3.05) is 16.7 Å². The average Bonchev–Trinajstić information content (AvgIpc) is 3.02. The fraction of sp³-hybridized carbons (Fsp3) is 0.194. The quantitative estimate of drug-likeness (QED) is 0.518. The van der Waals surface area contributed by atoms with Gasteiger partial charge in [-0.3, -0.25) is 14.4 Å². The lowest BCUT2D eigenvalue weighted by molar-refractivity contribution is -0.122. The summed E-state index contributed by atoms with van der Waals surface area (Å²) in [4.78, 5) is 15.3. The van der Waals surface area contributed by atoms with Gasteiger partial charge in [0.1, 0.15) is 5.75 Å². The highest BCUT2D eigenvalue weighted by Crippen LogP contribution is 2.34. The van der Waals surface area contributed by atoms with Gasteiger partial charge < -0.3 is 4.74 Å². The van der Waals surface area contributed by atoms with Crippen molar-refractivity contribution in [2.45, 2.75) is 32.1 Å². The zero-order valence-electron chi connectivity index (χ0n) is 23.3. The average molecular weight is 581 g/mol. The Bertz CT molecular complexity index is 1930. The zero-order chi connectivity index (χ0) is 30.8. The van der Waals surface area contributed by atoms with Crippen molar-refractivity contribution >= 4 is 33.0 Å². The first-order valence-corrected chi connectivity index (χ1v) is 14.5. The normalized spacial score (nSPS) is 11.2. The molecule has 1 N–H and O–H groups in total. The maximum absolute atomic E-state index is 13.6. The molecule has 43 heavy (non-hydrogen) atoms. The smallest absolute Gasteiger partial charge is 0.302 e. The zero-order valence-corrected chi connectivity index (χ0v) is 24.1. The second-order valence-electron chi connectivity index (χ2n) is 8.73. The fourth-order valence-corrected chi connectivity index (χ4v) is 4.68. The van der Waals surface area contributed by atoms with Gasteiger partial charge in [0.25, 0.3) is 0 Å². The van der Waals surface area contributed by atoms with E-state index in [0.29, 0.717) is 17.1 Å². The molecule has 0 aromatic heterocycles. The van der Waals surface area contributed by atoms with E-state index in [9.17, 15) is 13.2 Å². The number of methoxy groups -OCH3 is 1. The Labute approximate surface area is 254 Å². The van der Waals surface area contributed by atoms with Crippen molar-refractivity contribution in [2.24, 2.45) is 5.92 Å². The molecule has 1 fully saturated rings. The summed E-state index contributed by atoms with van der Waals surface area (Å²) in [5.41, 5.74) is 1.61. The molecule has 2 aromatic rings. The maximum atomic E-state index is 13.6. The Morgan fingerprint density at radius 1 is 0.744 bits per heavy atom. The van der Waals surface area contributed by atoms with Crippen LogP contribution in [0.3, 0.4) is 0 Å². The number of sulfonamides is 1. The predicted molar refractivity (Wildman–Crippen MR) is 169 cm³/mol. The monoisotopic (exact) mass is 580 g/mol. The van der Waals surface area contributed by atoms with E-state index in [4.69, 9.17) is 11.2 Å². The number of anilines is 3. The topological polar surface area (TPSA) is 75.7 Å². The van der Waals surface area contributed by atoms with Gasteiger partial charge in [-0.15, -0.1) is 6.42 Å². The molecule has 0 aliphatic heterocycles. The molecule has 0 heterocycles. The number of amides is 1. The van der Waals surface area contributed by atoms with Crippen LogP contribution in [0.5, 0.6) is 5.75 Å². The van der Waals surface area contributed by atoms with E-state index < -0.39 is 10.0 Å². The molecule has 0 radical (unpaired) electrons. The van der Waals surface area contributed by atoms with Crippen molar-refractivity contribution < 1.29 is 17.9 Å². The Morgan fingerprint density at radius 2 is 1.21 bits per heavy atom. The number of benzene rings is 2. The minimum Gasteiger partial charge on any atom is -0.497 e. The van der Waals surface area contributed by atoms with Gasteiger partial charge in [0.05, 0.1) is 12.4 Å². The second kappa shape index (κ2) is 16.9. The molecule has 1 saturated carbocycles. The summed E-state index contributed by atoms with van der Waals surface area (Å²) in [6.07, 6.45) is 9.83. The van der Waals surface area contributed by atoms with Gasteiger partial charge in [0, 0.05) is 40.7 Å². The minimum atomic E-state index is -4.01. The molecule has 2 aromatic carbocycles. The van der Waals surface area contributed by atoms with Gasteiger partial charge in [0.2, 0.25) is 5.91 Å². The lowest BCUT2D eigenvalue weighted by Crippen LogP contribution is -2.33. The Morgan fingerprint density at radius 3 is 1.70 bits per heavy atom. The van der Waals surface area contributed by atoms with E-state index in [1.807, 2.05) is 12.1 Å². The SMILES string of the molecule is C#CC#CC#CC#CC#CC#CC#CC#CS(=O)(=O)Nc1ccc(N(C(=O)C2CCCCC2)c2ccc(OC)cc2)cc1. The Balaban J connectivity index is 1.68. The number of hydrogen-bond donors (Lipinski definition) is 1. The molecular weight excluding hydrogens is 556 g/mol. The molecule has 3 rings (SSSR count). The largest absolute Gasteiger partial charge is 0.497 e.